The first-order valence-electron chi connectivity index (χ1n) is 6.42. The number of nitrogens with zero attached hydrogens (tertiary/aromatic N) is 1. The summed E-state index contributed by atoms with van der Waals surface area (Å²) < 4.78 is 4.76. The van der Waals surface area contributed by atoms with Gasteiger partial charge in [-0.15, -0.1) is 0 Å². The molecule has 2 N–H and O–H groups in total. The third kappa shape index (κ3) is 4.86. The molecule has 1 fully saturated rings. The molecule has 1 saturated heterocycles. The Hall–Kier alpha value is -1.63. The molecule has 1 atom stereocenters. The van der Waals surface area contributed by atoms with Crippen LogP contribution < -0.4 is 10.6 Å². The quantitative estimate of drug-likeness (QED) is 0.695. The van der Waals surface area contributed by atoms with Crippen molar-refractivity contribution in [1.82, 2.24) is 15.5 Å². The van der Waals surface area contributed by atoms with Gasteiger partial charge in [0.2, 0.25) is 5.91 Å². The van der Waals surface area contributed by atoms with Crippen LogP contribution in [-0.4, -0.2) is 56.1 Å². The topological polar surface area (TPSA) is 87.7 Å². The van der Waals surface area contributed by atoms with Crippen molar-refractivity contribution in [3.05, 3.63) is 0 Å². The summed E-state index contributed by atoms with van der Waals surface area (Å²) in [7, 11) is 2.81. The van der Waals surface area contributed by atoms with Crippen molar-refractivity contribution in [1.29, 1.82) is 0 Å². The highest BCUT2D eigenvalue weighted by molar-refractivity contribution is 5.94. The Labute approximate surface area is 112 Å². The van der Waals surface area contributed by atoms with Crippen molar-refractivity contribution in [2.24, 2.45) is 0 Å². The van der Waals surface area contributed by atoms with Gasteiger partial charge >= 0.3 is 12.0 Å². The highest BCUT2D eigenvalue weighted by atomic mass is 16.5. The molecule has 1 heterocycles. The molecule has 1 unspecified atom stereocenters. The lowest BCUT2D eigenvalue weighted by molar-refractivity contribution is -0.148. The first-order chi connectivity index (χ1) is 9.08. The lowest BCUT2D eigenvalue weighted by Gasteiger charge is -2.33. The molecule has 0 aromatic rings. The monoisotopic (exact) mass is 271 g/mol. The van der Waals surface area contributed by atoms with Gasteiger partial charge in [0.05, 0.1) is 7.11 Å². The summed E-state index contributed by atoms with van der Waals surface area (Å²) in [4.78, 5) is 36.0. The molecule has 0 aromatic heterocycles. The third-order valence-corrected chi connectivity index (χ3v) is 3.19. The molecule has 0 spiro atoms. The largest absolute Gasteiger partial charge is 0.468 e. The maximum Gasteiger partial charge on any atom is 0.323 e. The fourth-order valence-electron chi connectivity index (χ4n) is 2.16. The number of hydrogen-bond donors (Lipinski definition) is 2. The number of piperidine rings is 1. The molecular formula is C12H21N3O4. The van der Waals surface area contributed by atoms with E-state index in [4.69, 9.17) is 4.74 Å². The number of imide groups is 1. The van der Waals surface area contributed by atoms with E-state index < -0.39 is 6.03 Å². The Morgan fingerprint density at radius 3 is 2.68 bits per heavy atom. The molecule has 1 rings (SSSR count). The summed E-state index contributed by atoms with van der Waals surface area (Å²) in [6.45, 7) is 1.22. The zero-order valence-electron chi connectivity index (χ0n) is 11.4. The van der Waals surface area contributed by atoms with E-state index in [1.165, 1.54) is 14.2 Å². The van der Waals surface area contributed by atoms with Crippen LogP contribution in [0.25, 0.3) is 0 Å². The summed E-state index contributed by atoms with van der Waals surface area (Å²) in [6.07, 6.45) is 2.93. The van der Waals surface area contributed by atoms with Gasteiger partial charge < -0.3 is 10.1 Å². The molecule has 0 radical (unpaired) electrons. The van der Waals surface area contributed by atoms with Gasteiger partial charge in [-0.1, -0.05) is 6.42 Å². The lowest BCUT2D eigenvalue weighted by Crippen LogP contribution is -2.47. The van der Waals surface area contributed by atoms with Crippen LogP contribution in [0.2, 0.25) is 0 Å². The average molecular weight is 271 g/mol. The maximum absolute atomic E-state index is 11.6. The van der Waals surface area contributed by atoms with Crippen molar-refractivity contribution in [2.45, 2.75) is 31.7 Å². The van der Waals surface area contributed by atoms with Crippen molar-refractivity contribution >= 4 is 17.9 Å². The summed E-state index contributed by atoms with van der Waals surface area (Å²) in [5, 5.41) is 4.51. The fraction of sp³-hybridized carbons (Fsp3) is 0.750. The SMILES string of the molecule is CNC(=O)NC(=O)CCN1CCCCC1C(=O)OC. The number of hydrogen-bond acceptors (Lipinski definition) is 5. The molecule has 1 aliphatic rings. The Balaban J connectivity index is 2.42. The summed E-state index contributed by atoms with van der Waals surface area (Å²) in [6, 6.07) is -0.792. The average Bonchev–Trinajstić information content (AvgIpc) is 2.44. The second-order valence-electron chi connectivity index (χ2n) is 4.45. The first-order valence-corrected chi connectivity index (χ1v) is 6.42. The normalized spacial score (nSPS) is 19.6. The van der Waals surface area contributed by atoms with Crippen LogP contribution in [0, 0.1) is 0 Å². The summed E-state index contributed by atoms with van der Waals surface area (Å²) in [5.41, 5.74) is 0. The molecule has 19 heavy (non-hydrogen) atoms. The highest BCUT2D eigenvalue weighted by Gasteiger charge is 2.29. The summed E-state index contributed by atoms with van der Waals surface area (Å²) in [5.74, 6) is -0.611. The van der Waals surface area contributed by atoms with E-state index in [0.29, 0.717) is 6.54 Å². The van der Waals surface area contributed by atoms with Gasteiger partial charge in [0.25, 0.3) is 0 Å². The molecule has 0 bridgehead atoms. The van der Waals surface area contributed by atoms with Crippen LogP contribution in [-0.2, 0) is 14.3 Å². The smallest absolute Gasteiger partial charge is 0.323 e. The molecule has 3 amide bonds. The predicted molar refractivity (Wildman–Crippen MR) is 68.4 cm³/mol. The Bertz CT molecular complexity index is 346. The van der Waals surface area contributed by atoms with Crippen molar-refractivity contribution in [3.63, 3.8) is 0 Å². The van der Waals surface area contributed by atoms with Crippen LogP contribution in [0.4, 0.5) is 4.79 Å². The number of carbonyl (C=O) groups is 3. The van der Waals surface area contributed by atoms with E-state index in [1.807, 2.05) is 4.90 Å². The minimum Gasteiger partial charge on any atom is -0.468 e. The van der Waals surface area contributed by atoms with Gasteiger partial charge in [0, 0.05) is 20.0 Å². The third-order valence-electron chi connectivity index (χ3n) is 3.19. The van der Waals surface area contributed by atoms with E-state index in [1.54, 1.807) is 0 Å². The zero-order chi connectivity index (χ0) is 14.3. The number of nitrogens with one attached hydrogen (secondary N) is 2. The summed E-state index contributed by atoms with van der Waals surface area (Å²) >= 11 is 0. The second kappa shape index (κ2) is 7.73. The van der Waals surface area contributed by atoms with Crippen LogP contribution in [0.5, 0.6) is 0 Å². The van der Waals surface area contributed by atoms with Gasteiger partial charge in [-0.3, -0.25) is 19.8 Å². The molecule has 0 aliphatic carbocycles. The van der Waals surface area contributed by atoms with E-state index >= 15 is 0 Å². The molecule has 1 aliphatic heterocycles. The molecule has 7 heteroatoms. The first kappa shape index (κ1) is 15.4. The van der Waals surface area contributed by atoms with Crippen molar-refractivity contribution in [3.8, 4) is 0 Å². The van der Waals surface area contributed by atoms with E-state index in [9.17, 15) is 14.4 Å². The highest BCUT2D eigenvalue weighted by Crippen LogP contribution is 2.18. The second-order valence-corrected chi connectivity index (χ2v) is 4.45. The molecular weight excluding hydrogens is 250 g/mol. The van der Waals surface area contributed by atoms with E-state index in [-0.39, 0.29) is 24.3 Å². The molecule has 0 saturated carbocycles. The van der Waals surface area contributed by atoms with Gasteiger partial charge in [-0.25, -0.2) is 4.79 Å². The van der Waals surface area contributed by atoms with Crippen molar-refractivity contribution in [2.75, 3.05) is 27.2 Å². The predicted octanol–water partition coefficient (Wildman–Crippen LogP) is -0.140. The van der Waals surface area contributed by atoms with Crippen LogP contribution in [0.15, 0.2) is 0 Å². The number of methoxy groups -OCH3 is 1. The lowest BCUT2D eigenvalue weighted by atomic mass is 10.0. The Kier molecular flexibility index (Phi) is 6.27. The minimum atomic E-state index is -0.520. The van der Waals surface area contributed by atoms with Crippen molar-refractivity contribution < 1.29 is 19.1 Å². The molecule has 7 nitrogen and oxygen atoms in total. The van der Waals surface area contributed by atoms with Gasteiger partial charge in [0.1, 0.15) is 6.04 Å². The molecule has 108 valence electrons. The minimum absolute atomic E-state index is 0.181. The number of likely N-dealkylation sites (tertiary alicyclic amines) is 1. The van der Waals surface area contributed by atoms with Crippen LogP contribution in [0.1, 0.15) is 25.7 Å². The number of ether oxygens (including phenoxy) is 1. The number of rotatable bonds is 4. The van der Waals surface area contributed by atoms with Gasteiger partial charge in [0.15, 0.2) is 0 Å². The number of amides is 3. The maximum atomic E-state index is 11.6. The van der Waals surface area contributed by atoms with Gasteiger partial charge in [-0.05, 0) is 19.4 Å². The van der Waals surface area contributed by atoms with Crippen LogP contribution >= 0.6 is 0 Å². The molecule has 0 aromatic carbocycles. The van der Waals surface area contributed by atoms with Crippen LogP contribution in [0.3, 0.4) is 0 Å². The Morgan fingerprint density at radius 1 is 1.32 bits per heavy atom. The number of esters is 1. The van der Waals surface area contributed by atoms with E-state index in [0.717, 1.165) is 25.8 Å². The standard InChI is InChI=1S/C12H21N3O4/c1-13-12(18)14-10(16)6-8-15-7-4-3-5-9(15)11(17)19-2/h9H,3-8H2,1-2H3,(H2,13,14,16,18). The van der Waals surface area contributed by atoms with Gasteiger partial charge in [-0.2, -0.15) is 0 Å². The Morgan fingerprint density at radius 2 is 2.05 bits per heavy atom. The fourth-order valence-corrected chi connectivity index (χ4v) is 2.16. The zero-order valence-corrected chi connectivity index (χ0v) is 11.4. The number of carbonyl (C=O) groups excluding carboxylic acids is 3. The number of urea groups is 1. The van der Waals surface area contributed by atoms with E-state index in [2.05, 4.69) is 10.6 Å².